The minimum Gasteiger partial charge on any atom is -0.482 e. The Morgan fingerprint density at radius 3 is 2.73 bits per heavy atom. The highest BCUT2D eigenvalue weighted by Gasteiger charge is 2.24. The Labute approximate surface area is 73.4 Å². The van der Waals surface area contributed by atoms with Gasteiger partial charge in [0.25, 0.3) is 5.91 Å². The van der Waals surface area contributed by atoms with Crippen LogP contribution >= 0.6 is 23.2 Å². The number of primary amides is 1. The number of carbonyl (C=O) groups excluding carboxylic acids is 1. The molecule has 1 aliphatic rings. The number of halogens is 2. The molecule has 2 N–H and O–H groups in total. The second-order valence-corrected chi connectivity index (χ2v) is 2.73. The summed E-state index contributed by atoms with van der Waals surface area (Å²) in [7, 11) is 0. The van der Waals surface area contributed by atoms with E-state index in [1.165, 1.54) is 12.3 Å². The van der Waals surface area contributed by atoms with Crippen LogP contribution in [0.5, 0.6) is 0 Å². The van der Waals surface area contributed by atoms with E-state index >= 15 is 0 Å². The van der Waals surface area contributed by atoms with Crippen LogP contribution < -0.4 is 5.73 Å². The molecule has 0 aromatic carbocycles. The smallest absolute Gasteiger partial charge is 0.264 e. The van der Waals surface area contributed by atoms with Crippen molar-refractivity contribution in [1.82, 2.24) is 0 Å². The molecule has 0 bridgehead atoms. The maximum atomic E-state index is 10.6. The lowest BCUT2D eigenvalue weighted by Crippen LogP contribution is -2.31. The average molecular weight is 194 g/mol. The summed E-state index contributed by atoms with van der Waals surface area (Å²) in [6.07, 6.45) is 1.79. The Bertz CT molecular complexity index is 247. The first-order chi connectivity index (χ1) is 5.13. The van der Waals surface area contributed by atoms with Crippen LogP contribution in [0, 0.1) is 0 Å². The van der Waals surface area contributed by atoms with Crippen molar-refractivity contribution in [2.75, 3.05) is 0 Å². The van der Waals surface area contributed by atoms with Gasteiger partial charge in [-0.15, -0.1) is 0 Å². The van der Waals surface area contributed by atoms with Crippen molar-refractivity contribution >= 4 is 29.1 Å². The maximum Gasteiger partial charge on any atom is 0.264 e. The lowest BCUT2D eigenvalue weighted by Gasteiger charge is -2.15. The number of nitrogens with two attached hydrogens (primary N) is 1. The molecule has 1 amide bonds. The first kappa shape index (κ1) is 8.43. The third-order valence-electron chi connectivity index (χ3n) is 1.15. The van der Waals surface area contributed by atoms with Crippen LogP contribution in [-0.4, -0.2) is 12.0 Å². The van der Waals surface area contributed by atoms with Crippen molar-refractivity contribution in [3.05, 3.63) is 22.4 Å². The lowest BCUT2D eigenvalue weighted by molar-refractivity contribution is -0.124. The van der Waals surface area contributed by atoms with Gasteiger partial charge in [-0.3, -0.25) is 4.79 Å². The van der Waals surface area contributed by atoms with Gasteiger partial charge in [0.15, 0.2) is 0 Å². The van der Waals surface area contributed by atoms with E-state index in [-0.39, 0.29) is 10.1 Å². The molecule has 0 saturated carbocycles. The Kier molecular flexibility index (Phi) is 2.42. The van der Waals surface area contributed by atoms with E-state index in [0.29, 0.717) is 0 Å². The van der Waals surface area contributed by atoms with Crippen LogP contribution in [0.15, 0.2) is 22.4 Å². The zero-order valence-corrected chi connectivity index (χ0v) is 6.89. The number of amides is 1. The summed E-state index contributed by atoms with van der Waals surface area (Å²) in [4.78, 5) is 10.6. The molecule has 0 fully saturated rings. The normalized spacial score (nSPS) is 23.3. The zero-order chi connectivity index (χ0) is 8.43. The molecule has 1 atom stereocenters. The van der Waals surface area contributed by atoms with E-state index in [9.17, 15) is 4.79 Å². The van der Waals surface area contributed by atoms with Gasteiger partial charge in [-0.25, -0.2) is 0 Å². The van der Waals surface area contributed by atoms with E-state index in [1.807, 2.05) is 0 Å². The molecule has 5 heteroatoms. The molecule has 0 spiro atoms. The van der Waals surface area contributed by atoms with Crippen LogP contribution in [0.4, 0.5) is 0 Å². The summed E-state index contributed by atoms with van der Waals surface area (Å²) in [5, 5.41) is 0.406. The first-order valence-corrected chi connectivity index (χ1v) is 3.55. The summed E-state index contributed by atoms with van der Waals surface area (Å²) in [6.45, 7) is 0. The van der Waals surface area contributed by atoms with E-state index in [1.54, 1.807) is 0 Å². The van der Waals surface area contributed by atoms with Crippen molar-refractivity contribution in [2.24, 2.45) is 5.73 Å². The Morgan fingerprint density at radius 2 is 2.27 bits per heavy atom. The van der Waals surface area contributed by atoms with Gasteiger partial charge >= 0.3 is 0 Å². The monoisotopic (exact) mass is 193 g/mol. The van der Waals surface area contributed by atoms with Crippen LogP contribution in [0.25, 0.3) is 0 Å². The van der Waals surface area contributed by atoms with E-state index in [4.69, 9.17) is 33.7 Å². The Morgan fingerprint density at radius 1 is 1.64 bits per heavy atom. The number of carbonyl (C=O) groups is 1. The minimum absolute atomic E-state index is 0.127. The summed E-state index contributed by atoms with van der Waals surface area (Å²) in [5.41, 5.74) is 4.94. The molecular formula is C6H5Cl2NO2. The van der Waals surface area contributed by atoms with Crippen molar-refractivity contribution in [3.8, 4) is 0 Å². The molecule has 0 aromatic heterocycles. The minimum atomic E-state index is -0.936. The largest absolute Gasteiger partial charge is 0.482 e. The molecule has 11 heavy (non-hydrogen) atoms. The Balaban J connectivity index is 2.89. The van der Waals surface area contributed by atoms with Gasteiger partial charge in [0.05, 0.1) is 16.3 Å². The lowest BCUT2D eigenvalue weighted by atomic mass is 10.2. The Hall–Kier alpha value is -0.670. The molecular weight excluding hydrogens is 189 g/mol. The van der Waals surface area contributed by atoms with Crippen molar-refractivity contribution in [1.29, 1.82) is 0 Å². The molecule has 0 aliphatic carbocycles. The predicted molar refractivity (Wildman–Crippen MR) is 41.9 cm³/mol. The third kappa shape index (κ3) is 1.67. The van der Waals surface area contributed by atoms with E-state index in [0.717, 1.165) is 0 Å². The van der Waals surface area contributed by atoms with E-state index in [2.05, 4.69) is 0 Å². The van der Waals surface area contributed by atoms with Crippen LogP contribution in [-0.2, 0) is 9.53 Å². The van der Waals surface area contributed by atoms with Gasteiger partial charge in [-0.2, -0.15) is 0 Å². The van der Waals surface area contributed by atoms with Gasteiger partial charge < -0.3 is 10.5 Å². The summed E-state index contributed by atoms with van der Waals surface area (Å²) >= 11 is 11.2. The van der Waals surface area contributed by atoms with Gasteiger partial charge in [-0.05, 0) is 6.08 Å². The number of rotatable bonds is 1. The second-order valence-electron chi connectivity index (χ2n) is 1.92. The molecule has 1 heterocycles. The molecule has 60 valence electrons. The fourth-order valence-corrected chi connectivity index (χ4v) is 1.01. The molecule has 1 aliphatic heterocycles. The van der Waals surface area contributed by atoms with Gasteiger partial charge in [0.1, 0.15) is 0 Å². The van der Waals surface area contributed by atoms with Crippen LogP contribution in [0.2, 0.25) is 0 Å². The second kappa shape index (κ2) is 3.15. The van der Waals surface area contributed by atoms with Crippen molar-refractivity contribution in [3.63, 3.8) is 0 Å². The zero-order valence-electron chi connectivity index (χ0n) is 5.38. The fraction of sp³-hybridized carbons (Fsp3) is 0.167. The number of allylic oxidation sites excluding steroid dienone is 2. The topological polar surface area (TPSA) is 52.3 Å². The summed E-state index contributed by atoms with van der Waals surface area (Å²) < 4.78 is 4.79. The molecule has 3 nitrogen and oxygen atoms in total. The number of hydrogen-bond acceptors (Lipinski definition) is 2. The molecule has 0 aromatic rings. The summed E-state index contributed by atoms with van der Waals surface area (Å²) in [5.74, 6) is -0.655. The number of hydrogen-bond donors (Lipinski definition) is 1. The number of ether oxygens (including phenoxy) is 1. The van der Waals surface area contributed by atoms with Crippen molar-refractivity contribution < 1.29 is 9.53 Å². The van der Waals surface area contributed by atoms with Gasteiger partial charge in [0, 0.05) is 0 Å². The van der Waals surface area contributed by atoms with E-state index < -0.39 is 12.0 Å². The molecule has 0 saturated heterocycles. The highest BCUT2D eigenvalue weighted by molar-refractivity contribution is 6.41. The van der Waals surface area contributed by atoms with Crippen molar-refractivity contribution in [2.45, 2.75) is 6.10 Å². The molecule has 0 radical (unpaired) electrons. The molecule has 1 rings (SSSR count). The SMILES string of the molecule is NC(=O)C1OC=CC(Cl)=C1Cl. The highest BCUT2D eigenvalue weighted by Crippen LogP contribution is 2.24. The third-order valence-corrected chi connectivity index (χ3v) is 1.97. The van der Waals surface area contributed by atoms with Crippen LogP contribution in [0.1, 0.15) is 0 Å². The molecule has 1 unspecified atom stereocenters. The maximum absolute atomic E-state index is 10.6. The highest BCUT2D eigenvalue weighted by atomic mass is 35.5. The van der Waals surface area contributed by atoms with Gasteiger partial charge in [0.2, 0.25) is 6.10 Å². The van der Waals surface area contributed by atoms with Crippen LogP contribution in [0.3, 0.4) is 0 Å². The summed E-state index contributed by atoms with van der Waals surface area (Å²) in [6, 6.07) is 0. The standard InChI is InChI=1S/C6H5Cl2NO2/c7-3-1-2-11-5(4(3)8)6(9)10/h1-2,5H,(H2,9,10). The predicted octanol–water partition coefficient (Wildman–Crippen LogP) is 1.07. The average Bonchev–Trinajstić information content (AvgIpc) is 1.94. The van der Waals surface area contributed by atoms with Gasteiger partial charge in [-0.1, -0.05) is 23.2 Å². The first-order valence-electron chi connectivity index (χ1n) is 2.79. The fourth-order valence-electron chi connectivity index (χ4n) is 0.634. The quantitative estimate of drug-likeness (QED) is 0.678.